The molecule has 138 valence electrons. The predicted octanol–water partition coefficient (Wildman–Crippen LogP) is 3.06. The summed E-state index contributed by atoms with van der Waals surface area (Å²) in [6, 6.07) is 10.0. The first-order valence-electron chi connectivity index (χ1n) is 8.11. The third kappa shape index (κ3) is 3.22. The molecule has 2 heterocycles. The number of halogens is 2. The zero-order chi connectivity index (χ0) is 19.1. The first-order valence-corrected chi connectivity index (χ1v) is 9.30. The van der Waals surface area contributed by atoms with Crippen molar-refractivity contribution in [2.45, 2.75) is 12.1 Å². The van der Waals surface area contributed by atoms with Gasteiger partial charge in [0, 0.05) is 0 Å². The van der Waals surface area contributed by atoms with Gasteiger partial charge in [-0.1, -0.05) is 29.8 Å². The molecule has 3 aromatic rings. The van der Waals surface area contributed by atoms with Crippen LogP contribution in [0.1, 0.15) is 16.6 Å². The summed E-state index contributed by atoms with van der Waals surface area (Å²) in [5.74, 6) is -1.17. The van der Waals surface area contributed by atoms with Crippen molar-refractivity contribution >= 4 is 45.1 Å². The number of primary amides is 1. The van der Waals surface area contributed by atoms with E-state index in [1.165, 1.54) is 28.4 Å². The standard InChI is InChI=1S/C18H14ClFN4O2S/c19-10-7-9(5-6-11(10)20)15(24-8-13(16(21)25)23-18(24)26)17-22-12-3-1-2-4-14(12)27-17/h1-7,13,15H,8H2,(H2,21,25)(H,23,26)/t13?,15-/m0/s1. The van der Waals surface area contributed by atoms with Crippen molar-refractivity contribution in [2.24, 2.45) is 5.73 Å². The molecule has 6 nitrogen and oxygen atoms in total. The van der Waals surface area contributed by atoms with E-state index in [1.54, 1.807) is 6.07 Å². The van der Waals surface area contributed by atoms with Crippen molar-refractivity contribution in [2.75, 3.05) is 6.54 Å². The van der Waals surface area contributed by atoms with Crippen LogP contribution in [0.4, 0.5) is 9.18 Å². The first kappa shape index (κ1) is 17.7. The molecular weight excluding hydrogens is 391 g/mol. The van der Waals surface area contributed by atoms with Crippen molar-refractivity contribution in [3.63, 3.8) is 0 Å². The van der Waals surface area contributed by atoms with Crippen LogP contribution in [0.3, 0.4) is 0 Å². The molecular formula is C18H14ClFN4O2S. The molecule has 0 radical (unpaired) electrons. The van der Waals surface area contributed by atoms with Gasteiger partial charge in [0.1, 0.15) is 22.9 Å². The normalized spacial score (nSPS) is 17.9. The van der Waals surface area contributed by atoms with E-state index in [9.17, 15) is 14.0 Å². The first-order chi connectivity index (χ1) is 12.9. The molecule has 2 atom stereocenters. The Morgan fingerprint density at radius 1 is 1.37 bits per heavy atom. The lowest BCUT2D eigenvalue weighted by molar-refractivity contribution is -0.119. The minimum Gasteiger partial charge on any atom is -0.368 e. The van der Waals surface area contributed by atoms with Gasteiger partial charge in [-0.25, -0.2) is 14.2 Å². The van der Waals surface area contributed by atoms with Gasteiger partial charge in [-0.3, -0.25) is 4.79 Å². The number of hydrogen-bond acceptors (Lipinski definition) is 4. The number of carbonyl (C=O) groups excluding carboxylic acids is 2. The number of benzene rings is 2. The molecule has 3 N–H and O–H groups in total. The Morgan fingerprint density at radius 2 is 2.15 bits per heavy atom. The van der Waals surface area contributed by atoms with Crippen molar-refractivity contribution < 1.29 is 14.0 Å². The van der Waals surface area contributed by atoms with Gasteiger partial charge in [0.05, 0.1) is 21.8 Å². The molecule has 4 rings (SSSR count). The number of thiazole rings is 1. The van der Waals surface area contributed by atoms with E-state index in [2.05, 4.69) is 10.3 Å². The van der Waals surface area contributed by atoms with Gasteiger partial charge in [-0.15, -0.1) is 11.3 Å². The van der Waals surface area contributed by atoms with Crippen LogP contribution >= 0.6 is 22.9 Å². The molecule has 1 saturated heterocycles. The Kier molecular flexibility index (Phi) is 4.45. The van der Waals surface area contributed by atoms with E-state index in [-0.39, 0.29) is 11.6 Å². The number of rotatable bonds is 4. The molecule has 1 aliphatic heterocycles. The van der Waals surface area contributed by atoms with Gasteiger partial charge in [0.25, 0.3) is 0 Å². The Hall–Kier alpha value is -2.71. The second-order valence-electron chi connectivity index (χ2n) is 6.15. The molecule has 1 aromatic heterocycles. The zero-order valence-electron chi connectivity index (χ0n) is 13.9. The van der Waals surface area contributed by atoms with Crippen LogP contribution in [0.2, 0.25) is 5.02 Å². The van der Waals surface area contributed by atoms with Gasteiger partial charge >= 0.3 is 6.03 Å². The summed E-state index contributed by atoms with van der Waals surface area (Å²) in [5, 5.41) is 3.15. The van der Waals surface area contributed by atoms with Crippen LogP contribution < -0.4 is 11.1 Å². The molecule has 0 spiro atoms. The monoisotopic (exact) mass is 404 g/mol. The lowest BCUT2D eigenvalue weighted by atomic mass is 10.1. The quantitative estimate of drug-likeness (QED) is 0.700. The predicted molar refractivity (Wildman–Crippen MR) is 101 cm³/mol. The Bertz CT molecular complexity index is 1020. The zero-order valence-corrected chi connectivity index (χ0v) is 15.4. The third-order valence-electron chi connectivity index (χ3n) is 4.40. The molecule has 0 bridgehead atoms. The van der Waals surface area contributed by atoms with Gasteiger partial charge in [0.2, 0.25) is 5.91 Å². The van der Waals surface area contributed by atoms with Gasteiger partial charge in [0.15, 0.2) is 0 Å². The average Bonchev–Trinajstić information content (AvgIpc) is 3.22. The lowest BCUT2D eigenvalue weighted by Crippen LogP contribution is -2.39. The summed E-state index contributed by atoms with van der Waals surface area (Å²) < 4.78 is 14.6. The number of fused-ring (bicyclic) bond motifs is 1. The molecule has 0 saturated carbocycles. The summed E-state index contributed by atoms with van der Waals surface area (Å²) in [7, 11) is 0. The summed E-state index contributed by atoms with van der Waals surface area (Å²) in [5.41, 5.74) is 6.73. The SMILES string of the molecule is NC(=O)C1CN([C@@H](c2ccc(F)c(Cl)c2)c2nc3ccccc3s2)C(=O)N1. The van der Waals surface area contributed by atoms with Crippen LogP contribution in [0, 0.1) is 5.82 Å². The molecule has 1 unspecified atom stereocenters. The molecule has 1 fully saturated rings. The highest BCUT2D eigenvalue weighted by molar-refractivity contribution is 7.18. The second kappa shape index (κ2) is 6.79. The summed E-state index contributed by atoms with van der Waals surface area (Å²) in [6.45, 7) is 0.0871. The Balaban J connectivity index is 1.83. The van der Waals surface area contributed by atoms with E-state index >= 15 is 0 Å². The molecule has 1 aliphatic rings. The molecule has 3 amide bonds. The van der Waals surface area contributed by atoms with Crippen molar-refractivity contribution in [1.29, 1.82) is 0 Å². The largest absolute Gasteiger partial charge is 0.368 e. The van der Waals surface area contributed by atoms with E-state index in [1.807, 2.05) is 24.3 Å². The topological polar surface area (TPSA) is 88.3 Å². The van der Waals surface area contributed by atoms with E-state index in [0.717, 1.165) is 10.2 Å². The molecule has 2 aromatic carbocycles. The summed E-state index contributed by atoms with van der Waals surface area (Å²) in [6.07, 6.45) is 0. The third-order valence-corrected chi connectivity index (χ3v) is 5.78. The number of nitrogens with one attached hydrogen (secondary N) is 1. The fourth-order valence-electron chi connectivity index (χ4n) is 3.09. The fraction of sp³-hybridized carbons (Fsp3) is 0.167. The van der Waals surface area contributed by atoms with E-state index < -0.39 is 29.8 Å². The number of para-hydroxylation sites is 1. The number of aromatic nitrogens is 1. The smallest absolute Gasteiger partial charge is 0.319 e. The number of urea groups is 1. The summed E-state index contributed by atoms with van der Waals surface area (Å²) in [4.78, 5) is 30.1. The van der Waals surface area contributed by atoms with Crippen LogP contribution in [0.15, 0.2) is 42.5 Å². The number of amides is 3. The van der Waals surface area contributed by atoms with Crippen LogP contribution in [-0.2, 0) is 4.79 Å². The second-order valence-corrected chi connectivity index (χ2v) is 7.62. The minimum absolute atomic E-state index is 0.0512. The maximum atomic E-state index is 13.7. The number of nitrogens with zero attached hydrogens (tertiary/aromatic N) is 2. The van der Waals surface area contributed by atoms with Crippen LogP contribution in [0.25, 0.3) is 10.2 Å². The van der Waals surface area contributed by atoms with Gasteiger partial charge in [-0.05, 0) is 29.8 Å². The van der Waals surface area contributed by atoms with Gasteiger partial charge in [-0.2, -0.15) is 0 Å². The lowest BCUT2D eigenvalue weighted by Gasteiger charge is -2.25. The van der Waals surface area contributed by atoms with E-state index in [4.69, 9.17) is 17.3 Å². The minimum atomic E-state index is -0.801. The highest BCUT2D eigenvalue weighted by Gasteiger charge is 2.39. The van der Waals surface area contributed by atoms with Crippen molar-refractivity contribution in [1.82, 2.24) is 15.2 Å². The van der Waals surface area contributed by atoms with Crippen molar-refractivity contribution in [3.8, 4) is 0 Å². The molecule has 9 heteroatoms. The highest BCUT2D eigenvalue weighted by atomic mass is 35.5. The molecule has 27 heavy (non-hydrogen) atoms. The highest BCUT2D eigenvalue weighted by Crippen LogP contribution is 2.36. The summed E-state index contributed by atoms with van der Waals surface area (Å²) >= 11 is 7.38. The van der Waals surface area contributed by atoms with Crippen LogP contribution in [-0.4, -0.2) is 34.4 Å². The maximum Gasteiger partial charge on any atom is 0.319 e. The van der Waals surface area contributed by atoms with Gasteiger partial charge < -0.3 is 16.0 Å². The fourth-order valence-corrected chi connectivity index (χ4v) is 4.38. The Morgan fingerprint density at radius 3 is 2.81 bits per heavy atom. The van der Waals surface area contributed by atoms with Crippen molar-refractivity contribution in [3.05, 3.63) is 63.9 Å². The average molecular weight is 405 g/mol. The Labute approximate surface area is 162 Å². The number of nitrogens with two attached hydrogens (primary N) is 1. The maximum absolute atomic E-state index is 13.7. The number of hydrogen-bond donors (Lipinski definition) is 2. The van der Waals surface area contributed by atoms with E-state index in [0.29, 0.717) is 10.6 Å². The number of carbonyl (C=O) groups is 2. The molecule has 0 aliphatic carbocycles. The van der Waals surface area contributed by atoms with Crippen LogP contribution in [0.5, 0.6) is 0 Å².